The second-order valence-electron chi connectivity index (χ2n) is 23.6. The summed E-state index contributed by atoms with van der Waals surface area (Å²) in [6.45, 7) is 4.32. The molecule has 5 aromatic carbocycles. The lowest BCUT2D eigenvalue weighted by molar-refractivity contribution is -0.0937. The van der Waals surface area contributed by atoms with Gasteiger partial charge in [0, 0.05) is 11.1 Å². The first-order valence-electron chi connectivity index (χ1n) is 29.9. The van der Waals surface area contributed by atoms with Gasteiger partial charge in [-0.2, -0.15) is 5.26 Å². The summed E-state index contributed by atoms with van der Waals surface area (Å²) in [6.07, 6.45) is -8.03. The predicted octanol–water partition coefficient (Wildman–Crippen LogP) is 10.8. The second-order valence-corrected chi connectivity index (χ2v) is 32.5. The molecule has 6 heterocycles. The topological polar surface area (TPSA) is 319 Å². The molecular weight excluding hydrogens is 1300 g/mol. The minimum atomic E-state index is -5.48. The Morgan fingerprint density at radius 2 is 1.13 bits per heavy atom. The number of methoxy groups -OCH3 is 2. The van der Waals surface area contributed by atoms with Crippen molar-refractivity contribution in [3.8, 4) is 17.6 Å². The van der Waals surface area contributed by atoms with Crippen LogP contribution in [-0.2, 0) is 58.7 Å². The summed E-state index contributed by atoms with van der Waals surface area (Å²) >= 11 is 6.36. The number of nitriles is 1. The molecule has 2 aliphatic heterocycles. The Morgan fingerprint density at radius 1 is 0.653 bits per heavy atom. The highest BCUT2D eigenvalue weighted by Crippen LogP contribution is 2.57. The molecule has 2 saturated heterocycles. The zero-order valence-electron chi connectivity index (χ0n) is 52.4. The zero-order valence-corrected chi connectivity index (χ0v) is 56.0. The van der Waals surface area contributed by atoms with Gasteiger partial charge in [0.1, 0.15) is 60.3 Å². The van der Waals surface area contributed by atoms with E-state index in [2.05, 4.69) is 35.6 Å². The SMILES string of the molecule is COc1ccc(C(OC[C@H]2O[C@@H](n3cnc4c(NC(=O)c5ccccc5)ncnc43)[C@H](O[Si](C)(C)C(C)(C)C)[C@@H]2OP(=S)(OCCC#N)OC[C@H]2O[C@@H](n3cnc4c(NC(=O)c5ccccc5)ncnc43)[C@H](OP(=O)(O)O)[C@H]2F)(c2ccccc2)c2ccc(OC)cc2)cc1. The summed E-state index contributed by atoms with van der Waals surface area (Å²) in [5.74, 6) is 0.250. The number of phosphoric acid groups is 1. The van der Waals surface area contributed by atoms with Gasteiger partial charge < -0.3 is 57.6 Å². The molecule has 2 fully saturated rings. The van der Waals surface area contributed by atoms with E-state index in [1.165, 1.54) is 23.5 Å². The number of carbonyl (C=O) groups is 2. The number of nitrogens with one attached hydrogen (secondary N) is 2. The van der Waals surface area contributed by atoms with Crippen LogP contribution in [0.15, 0.2) is 165 Å². The number of anilines is 2. The predicted molar refractivity (Wildman–Crippen MR) is 351 cm³/mol. The smallest absolute Gasteiger partial charge is 0.470 e. The minimum Gasteiger partial charge on any atom is -0.497 e. The van der Waals surface area contributed by atoms with E-state index < -0.39 is 101 Å². The average molecular weight is 1370 g/mol. The number of halogens is 1. The average Bonchev–Trinajstić information content (AvgIpc) is 1.69. The van der Waals surface area contributed by atoms with Gasteiger partial charge in [-0.05, 0) is 95.2 Å². The van der Waals surface area contributed by atoms with E-state index in [-0.39, 0.29) is 53.6 Å². The largest absolute Gasteiger partial charge is 0.497 e. The highest BCUT2D eigenvalue weighted by molar-refractivity contribution is 8.07. The molecule has 4 N–H and O–H groups in total. The molecule has 9 aromatic rings. The summed E-state index contributed by atoms with van der Waals surface area (Å²) in [6, 6.07) is 43.3. The quantitative estimate of drug-likeness (QED) is 0.0169. The molecule has 0 bridgehead atoms. The van der Waals surface area contributed by atoms with Crippen molar-refractivity contribution in [3.05, 3.63) is 193 Å². The first-order chi connectivity index (χ1) is 45.5. The van der Waals surface area contributed by atoms with Crippen LogP contribution < -0.4 is 20.1 Å². The van der Waals surface area contributed by atoms with Crippen LogP contribution >= 0.6 is 14.5 Å². The van der Waals surface area contributed by atoms with Gasteiger partial charge in [-0.25, -0.2) is 38.9 Å². The molecule has 95 heavy (non-hydrogen) atoms. The molecule has 2 amide bonds. The van der Waals surface area contributed by atoms with Gasteiger partial charge in [-0.15, -0.1) is 0 Å². The van der Waals surface area contributed by atoms with Crippen LogP contribution in [0.5, 0.6) is 11.5 Å². The van der Waals surface area contributed by atoms with Crippen LogP contribution in [0.1, 0.15) is 77.1 Å². The Balaban J connectivity index is 1.00. The number of nitrogens with zero attached hydrogens (tertiary/aromatic N) is 9. The van der Waals surface area contributed by atoms with E-state index >= 15 is 4.39 Å². The maximum Gasteiger partial charge on any atom is 0.470 e. The van der Waals surface area contributed by atoms with E-state index in [0.717, 1.165) is 6.33 Å². The van der Waals surface area contributed by atoms with Crippen LogP contribution in [-0.4, -0.2) is 140 Å². The van der Waals surface area contributed by atoms with Crippen molar-refractivity contribution in [1.82, 2.24) is 39.0 Å². The Hall–Kier alpha value is -8.14. The van der Waals surface area contributed by atoms with E-state index in [1.54, 1.807) is 79.5 Å². The van der Waals surface area contributed by atoms with E-state index in [0.29, 0.717) is 39.3 Å². The molecule has 2 aliphatic rings. The Labute approximate surface area is 551 Å². The Bertz CT molecular complexity index is 4260. The zero-order chi connectivity index (χ0) is 67.3. The maximum absolute atomic E-state index is 17.4. The number of fused-ring (bicyclic) bond motifs is 2. The molecule has 26 nitrogen and oxygen atoms in total. The van der Waals surface area contributed by atoms with Gasteiger partial charge >= 0.3 is 14.5 Å². The third-order valence-corrected chi connectivity index (χ3v) is 23.9. The summed E-state index contributed by atoms with van der Waals surface area (Å²) in [7, 11) is -5.36. The van der Waals surface area contributed by atoms with Gasteiger partial charge in [-0.1, -0.05) is 112 Å². The number of rotatable bonds is 26. The molecule has 0 radical (unpaired) electrons. The number of phosphoric ester groups is 1. The number of alkyl halides is 1. The third kappa shape index (κ3) is 14.8. The molecule has 11 rings (SSSR count). The lowest BCUT2D eigenvalue weighted by atomic mass is 9.80. The number of carbonyl (C=O) groups excluding carboxylic acids is 2. The molecule has 4 aromatic heterocycles. The first kappa shape index (κ1) is 68.2. The Kier molecular flexibility index (Phi) is 20.6. The molecule has 0 saturated carbocycles. The van der Waals surface area contributed by atoms with Crippen molar-refractivity contribution in [2.24, 2.45) is 0 Å². The first-order valence-corrected chi connectivity index (χ1v) is 36.9. The summed E-state index contributed by atoms with van der Waals surface area (Å²) in [4.78, 5) is 74.2. The van der Waals surface area contributed by atoms with Crippen molar-refractivity contribution >= 4 is 80.4 Å². The van der Waals surface area contributed by atoms with Crippen LogP contribution in [0.4, 0.5) is 16.0 Å². The minimum absolute atomic E-state index is 0.0192. The summed E-state index contributed by atoms with van der Waals surface area (Å²) < 4.78 is 97.9. The van der Waals surface area contributed by atoms with Crippen molar-refractivity contribution < 1.29 is 74.5 Å². The molecular formula is C64H68FN11O15P2SSi. The van der Waals surface area contributed by atoms with Crippen LogP contribution in [0, 0.1) is 11.3 Å². The third-order valence-electron chi connectivity index (χ3n) is 16.6. The number of hydrogen-bond donors (Lipinski definition) is 4. The van der Waals surface area contributed by atoms with Crippen LogP contribution in [0.3, 0.4) is 0 Å². The molecule has 0 spiro atoms. The number of ether oxygens (including phenoxy) is 5. The molecule has 31 heteroatoms. The van der Waals surface area contributed by atoms with Crippen molar-refractivity contribution in [2.75, 3.05) is 44.7 Å². The van der Waals surface area contributed by atoms with Crippen molar-refractivity contribution in [1.29, 1.82) is 5.26 Å². The molecule has 496 valence electrons. The number of aromatic nitrogens is 8. The number of hydrogen-bond acceptors (Lipinski definition) is 21. The van der Waals surface area contributed by atoms with E-state index in [4.69, 9.17) is 63.0 Å². The van der Waals surface area contributed by atoms with E-state index in [1.807, 2.05) is 119 Å². The maximum atomic E-state index is 17.4. The number of amides is 2. The summed E-state index contributed by atoms with van der Waals surface area (Å²) in [5.41, 5.74) is 1.69. The van der Waals surface area contributed by atoms with Crippen LogP contribution in [0.25, 0.3) is 22.3 Å². The fourth-order valence-corrected chi connectivity index (χ4v) is 14.8. The summed E-state index contributed by atoms with van der Waals surface area (Å²) in [5, 5.41) is 15.0. The fraction of sp³-hybridized carbons (Fsp3) is 0.328. The van der Waals surface area contributed by atoms with Crippen LogP contribution in [0.2, 0.25) is 18.1 Å². The second kappa shape index (κ2) is 28.7. The highest BCUT2D eigenvalue weighted by Gasteiger charge is 2.56. The Morgan fingerprint density at radius 3 is 1.60 bits per heavy atom. The normalized spacial score (nSPS) is 20.7. The van der Waals surface area contributed by atoms with Gasteiger partial charge in [-0.3, -0.25) is 27.8 Å². The van der Waals surface area contributed by atoms with Gasteiger partial charge in [0.25, 0.3) is 11.8 Å². The number of benzene rings is 5. The molecule has 0 aliphatic carbocycles. The van der Waals surface area contributed by atoms with Crippen molar-refractivity contribution in [3.63, 3.8) is 0 Å². The number of imidazole rings is 2. The van der Waals surface area contributed by atoms with Gasteiger partial charge in [0.2, 0.25) is 0 Å². The lowest BCUT2D eigenvalue weighted by Crippen LogP contribution is -2.49. The molecule has 1 unspecified atom stereocenters. The fourth-order valence-electron chi connectivity index (χ4n) is 10.9. The lowest BCUT2D eigenvalue weighted by Gasteiger charge is -2.41. The highest BCUT2D eigenvalue weighted by atomic mass is 32.5. The van der Waals surface area contributed by atoms with Gasteiger partial charge in [0.05, 0.1) is 59.2 Å². The monoisotopic (exact) mass is 1370 g/mol. The van der Waals surface area contributed by atoms with Crippen molar-refractivity contribution in [2.45, 2.75) is 100 Å². The van der Waals surface area contributed by atoms with E-state index in [9.17, 15) is 29.2 Å². The standard InChI is InChI=1S/C64H68FN11O15P2SSi/c1-63(2,3)95(6,7)91-54-52(90-93(94,85-33-17-32-66)86-35-47-49(65)53(89-92(79,80)81)61(87-47)75-38-71-50-55(67-36-69-57(50)75)73-59(77)40-18-11-8-12-19-40)48(88-62(54)76-39-72-51-56(68-37-70-58(51)76)74-60(78)41-20-13-9-14-21-41)34-84-64(42-22-15-10-16-23-42,43-24-28-45(82-4)29-25-43)44-26-30-46(83-5)31-27-44/h8-16,18-31,36-39,47-49,52-54,61-62H,17,33-35H2,1-7H3,(H2,79,80,81)(H,67,69,73,77)(H,68,70,74,78)/t47-,48-,49+,52-,53-,54-,61-,62-,93?/m1/s1. The molecule has 9 atom stereocenters. The van der Waals surface area contributed by atoms with Gasteiger partial charge in [0.15, 0.2) is 60.9 Å².